The summed E-state index contributed by atoms with van der Waals surface area (Å²) in [6.07, 6.45) is 2.14. The molecule has 0 radical (unpaired) electrons. The molecule has 1 aromatic carbocycles. The van der Waals surface area contributed by atoms with Crippen molar-refractivity contribution in [3.8, 4) is 0 Å². The average molecular weight is 340 g/mol. The predicted octanol–water partition coefficient (Wildman–Crippen LogP) is 0.222. The molecule has 23 heavy (non-hydrogen) atoms. The Bertz CT molecular complexity index is 674. The normalized spacial score (nSPS) is 19.5. The van der Waals surface area contributed by atoms with Crippen LogP contribution in [0.15, 0.2) is 30.3 Å². The number of sulfonamides is 1. The number of likely N-dealkylation sites (tertiary alicyclic amines) is 1. The smallest absolute Gasteiger partial charge is 0.326 e. The first-order valence-corrected chi connectivity index (χ1v) is 9.21. The zero-order valence-electron chi connectivity index (χ0n) is 12.8. The van der Waals surface area contributed by atoms with Crippen LogP contribution in [0.25, 0.3) is 0 Å². The van der Waals surface area contributed by atoms with Crippen molar-refractivity contribution in [3.05, 3.63) is 35.9 Å². The maximum Gasteiger partial charge on any atom is 0.326 e. The SMILES string of the molecule is CS(=O)(=O)N[C@H](Cc1ccccc1)C(=O)N1CCCC1C(=O)O. The highest BCUT2D eigenvalue weighted by molar-refractivity contribution is 7.88. The van der Waals surface area contributed by atoms with Crippen molar-refractivity contribution in [1.29, 1.82) is 0 Å². The van der Waals surface area contributed by atoms with Crippen molar-refractivity contribution < 1.29 is 23.1 Å². The van der Waals surface area contributed by atoms with Gasteiger partial charge in [0, 0.05) is 6.54 Å². The predicted molar refractivity (Wildman–Crippen MR) is 84.3 cm³/mol. The van der Waals surface area contributed by atoms with Gasteiger partial charge >= 0.3 is 5.97 Å². The summed E-state index contributed by atoms with van der Waals surface area (Å²) in [6.45, 7) is 0.326. The van der Waals surface area contributed by atoms with Crippen LogP contribution < -0.4 is 4.72 Å². The molecule has 2 rings (SSSR count). The summed E-state index contributed by atoms with van der Waals surface area (Å²) >= 11 is 0. The van der Waals surface area contributed by atoms with Crippen molar-refractivity contribution in [3.63, 3.8) is 0 Å². The van der Waals surface area contributed by atoms with Gasteiger partial charge in [-0.15, -0.1) is 0 Å². The summed E-state index contributed by atoms with van der Waals surface area (Å²) in [5, 5.41) is 9.20. The quantitative estimate of drug-likeness (QED) is 0.771. The molecule has 1 aromatic rings. The number of nitrogens with zero attached hydrogens (tertiary/aromatic N) is 1. The third-order valence-electron chi connectivity index (χ3n) is 3.76. The summed E-state index contributed by atoms with van der Waals surface area (Å²) in [5.74, 6) is -1.56. The van der Waals surface area contributed by atoms with Crippen LogP contribution >= 0.6 is 0 Å². The van der Waals surface area contributed by atoms with E-state index in [-0.39, 0.29) is 6.42 Å². The molecule has 126 valence electrons. The number of carboxylic acid groups (broad SMARTS) is 1. The Labute approximate surface area is 135 Å². The van der Waals surface area contributed by atoms with E-state index in [9.17, 15) is 23.1 Å². The molecule has 8 heteroatoms. The second kappa shape index (κ2) is 7.10. The average Bonchev–Trinajstić information content (AvgIpc) is 2.95. The zero-order valence-corrected chi connectivity index (χ0v) is 13.6. The molecule has 2 N–H and O–H groups in total. The van der Waals surface area contributed by atoms with E-state index in [2.05, 4.69) is 4.72 Å². The van der Waals surface area contributed by atoms with Crippen molar-refractivity contribution >= 4 is 21.9 Å². The van der Waals surface area contributed by atoms with E-state index in [0.717, 1.165) is 11.8 Å². The van der Waals surface area contributed by atoms with Gasteiger partial charge in [0.1, 0.15) is 12.1 Å². The number of aliphatic carboxylic acids is 1. The van der Waals surface area contributed by atoms with Gasteiger partial charge in [-0.1, -0.05) is 30.3 Å². The molecular formula is C15H20N2O5S. The number of carboxylic acids is 1. The van der Waals surface area contributed by atoms with Gasteiger partial charge in [0.2, 0.25) is 15.9 Å². The number of nitrogens with one attached hydrogen (secondary N) is 1. The number of hydrogen-bond donors (Lipinski definition) is 2. The monoisotopic (exact) mass is 340 g/mol. The highest BCUT2D eigenvalue weighted by Gasteiger charge is 2.37. The molecule has 0 aliphatic carbocycles. The minimum absolute atomic E-state index is 0.176. The summed E-state index contributed by atoms with van der Waals surface area (Å²) in [7, 11) is -3.60. The van der Waals surface area contributed by atoms with Gasteiger partial charge in [0.05, 0.1) is 6.26 Å². The number of carbonyl (C=O) groups is 2. The van der Waals surface area contributed by atoms with Gasteiger partial charge in [-0.05, 0) is 24.8 Å². The fourth-order valence-electron chi connectivity index (χ4n) is 2.77. The van der Waals surface area contributed by atoms with Gasteiger partial charge in [-0.25, -0.2) is 17.9 Å². The molecule has 7 nitrogen and oxygen atoms in total. The van der Waals surface area contributed by atoms with Gasteiger partial charge in [0.15, 0.2) is 0 Å². The molecule has 0 aromatic heterocycles. The largest absolute Gasteiger partial charge is 0.480 e. The van der Waals surface area contributed by atoms with E-state index in [1.54, 1.807) is 24.3 Å². The minimum Gasteiger partial charge on any atom is -0.480 e. The first-order valence-electron chi connectivity index (χ1n) is 7.32. The lowest BCUT2D eigenvalue weighted by atomic mass is 10.1. The molecule has 1 amide bonds. The second-order valence-corrected chi connectivity index (χ2v) is 7.44. The fraction of sp³-hybridized carbons (Fsp3) is 0.467. The van der Waals surface area contributed by atoms with Crippen LogP contribution in [0.1, 0.15) is 18.4 Å². The van der Waals surface area contributed by atoms with Gasteiger partial charge in [0.25, 0.3) is 0 Å². The summed E-state index contributed by atoms with van der Waals surface area (Å²) in [5.41, 5.74) is 0.799. The maximum absolute atomic E-state index is 12.7. The first kappa shape index (κ1) is 17.4. The molecule has 2 atom stereocenters. The highest BCUT2D eigenvalue weighted by Crippen LogP contribution is 2.19. The topological polar surface area (TPSA) is 104 Å². The molecule has 0 saturated carbocycles. The molecule has 1 aliphatic rings. The second-order valence-electron chi connectivity index (χ2n) is 5.66. The Morgan fingerprint density at radius 2 is 2.00 bits per heavy atom. The van der Waals surface area contributed by atoms with E-state index in [4.69, 9.17) is 0 Å². The first-order chi connectivity index (χ1) is 10.8. The van der Waals surface area contributed by atoms with Gasteiger partial charge in [-0.2, -0.15) is 0 Å². The van der Waals surface area contributed by atoms with Crippen LogP contribution in [-0.2, 0) is 26.0 Å². The van der Waals surface area contributed by atoms with Crippen LogP contribution in [0.4, 0.5) is 0 Å². The van der Waals surface area contributed by atoms with E-state index in [1.807, 2.05) is 6.07 Å². The Balaban J connectivity index is 2.22. The molecular weight excluding hydrogens is 320 g/mol. The van der Waals surface area contributed by atoms with Crippen LogP contribution in [0.5, 0.6) is 0 Å². The number of amides is 1. The standard InChI is InChI=1S/C15H20N2O5S/c1-23(21,22)16-12(10-11-6-3-2-4-7-11)14(18)17-9-5-8-13(17)15(19)20/h2-4,6-7,12-13,16H,5,8-10H2,1H3,(H,19,20)/t12-,13?/m1/s1. The summed E-state index contributed by atoms with van der Waals surface area (Å²) < 4.78 is 25.5. The molecule has 1 unspecified atom stereocenters. The van der Waals surface area contributed by atoms with E-state index in [1.165, 1.54) is 4.90 Å². The Morgan fingerprint density at radius 3 is 2.57 bits per heavy atom. The van der Waals surface area contributed by atoms with Crippen molar-refractivity contribution in [1.82, 2.24) is 9.62 Å². The van der Waals surface area contributed by atoms with Crippen LogP contribution in [0, 0.1) is 0 Å². The van der Waals surface area contributed by atoms with Crippen molar-refractivity contribution in [2.75, 3.05) is 12.8 Å². The molecule has 1 aliphatic heterocycles. The van der Waals surface area contributed by atoms with Crippen LogP contribution in [0.2, 0.25) is 0 Å². The molecule has 1 fully saturated rings. The Morgan fingerprint density at radius 1 is 1.35 bits per heavy atom. The van der Waals surface area contributed by atoms with E-state index < -0.39 is 34.0 Å². The third kappa shape index (κ3) is 4.77. The molecule has 0 bridgehead atoms. The lowest BCUT2D eigenvalue weighted by molar-refractivity contribution is -0.148. The lowest BCUT2D eigenvalue weighted by Gasteiger charge is -2.27. The highest BCUT2D eigenvalue weighted by atomic mass is 32.2. The number of hydrogen-bond acceptors (Lipinski definition) is 4. The lowest BCUT2D eigenvalue weighted by Crippen LogP contribution is -2.52. The Kier molecular flexibility index (Phi) is 5.38. The summed E-state index contributed by atoms with van der Waals surface area (Å²) in [6, 6.07) is 7.12. The third-order valence-corrected chi connectivity index (χ3v) is 4.47. The van der Waals surface area contributed by atoms with E-state index in [0.29, 0.717) is 19.4 Å². The Hall–Kier alpha value is -1.93. The van der Waals surface area contributed by atoms with Gasteiger partial charge in [-0.3, -0.25) is 4.79 Å². The number of rotatable bonds is 6. The summed E-state index contributed by atoms with van der Waals surface area (Å²) in [4.78, 5) is 25.2. The number of benzene rings is 1. The van der Waals surface area contributed by atoms with Crippen molar-refractivity contribution in [2.45, 2.75) is 31.3 Å². The van der Waals surface area contributed by atoms with Gasteiger partial charge < -0.3 is 10.0 Å². The fourth-order valence-corrected chi connectivity index (χ4v) is 3.48. The zero-order chi connectivity index (χ0) is 17.0. The maximum atomic E-state index is 12.7. The minimum atomic E-state index is -3.60. The molecule has 1 heterocycles. The number of carbonyl (C=O) groups excluding carboxylic acids is 1. The molecule has 0 spiro atoms. The van der Waals surface area contributed by atoms with Crippen LogP contribution in [0.3, 0.4) is 0 Å². The van der Waals surface area contributed by atoms with Crippen LogP contribution in [-0.4, -0.2) is 55.2 Å². The van der Waals surface area contributed by atoms with E-state index >= 15 is 0 Å². The van der Waals surface area contributed by atoms with Crippen molar-refractivity contribution in [2.24, 2.45) is 0 Å². The molecule has 1 saturated heterocycles.